The van der Waals surface area contributed by atoms with E-state index in [-0.39, 0.29) is 11.8 Å². The Morgan fingerprint density at radius 3 is 2.70 bits per heavy atom. The number of benzene rings is 1. The molecule has 4 rings (SSSR count). The quantitative estimate of drug-likeness (QED) is 0.627. The molecule has 1 saturated carbocycles. The summed E-state index contributed by atoms with van der Waals surface area (Å²) in [5, 5.41) is 4.03. The number of methoxy groups -OCH3 is 1. The largest absolute Gasteiger partial charge is 0.467 e. The molecule has 1 aliphatic carbocycles. The van der Waals surface area contributed by atoms with Crippen LogP contribution in [0, 0.1) is 17.3 Å². The minimum absolute atomic E-state index is 0.251. The van der Waals surface area contributed by atoms with Gasteiger partial charge in [-0.05, 0) is 18.8 Å². The summed E-state index contributed by atoms with van der Waals surface area (Å²) in [6.45, 7) is 0. The molecule has 6 nitrogen and oxygen atoms in total. The number of rotatable bonds is 3. The number of hydrogen-bond donors (Lipinski definition) is 0. The van der Waals surface area contributed by atoms with Gasteiger partial charge in [-0.3, -0.25) is 4.99 Å². The zero-order valence-corrected chi connectivity index (χ0v) is 12.6. The fourth-order valence-corrected chi connectivity index (χ4v) is 3.67. The molecule has 3 aliphatic rings. The van der Waals surface area contributed by atoms with Gasteiger partial charge in [0.2, 0.25) is 0 Å². The predicted molar refractivity (Wildman–Crippen MR) is 82.0 cm³/mol. The maximum Gasteiger partial charge on any atom is 0.352 e. The Kier molecular flexibility index (Phi) is 3.07. The third kappa shape index (κ3) is 1.94. The Labute approximate surface area is 133 Å². The average molecular weight is 312 g/mol. The van der Waals surface area contributed by atoms with Crippen molar-refractivity contribution in [3.8, 4) is 0 Å². The van der Waals surface area contributed by atoms with Crippen LogP contribution in [-0.4, -0.2) is 37.0 Å². The van der Waals surface area contributed by atoms with E-state index in [2.05, 4.69) is 10.1 Å². The van der Waals surface area contributed by atoms with Crippen LogP contribution in [0.3, 0.4) is 0 Å². The molecule has 0 amide bonds. The van der Waals surface area contributed by atoms with Crippen LogP contribution in [0.2, 0.25) is 0 Å². The molecule has 0 aromatic heterocycles. The summed E-state index contributed by atoms with van der Waals surface area (Å²) in [5.74, 6) is -0.907. The monoisotopic (exact) mass is 312 g/mol. The second kappa shape index (κ2) is 5.01. The van der Waals surface area contributed by atoms with E-state index in [0.29, 0.717) is 5.71 Å². The summed E-state index contributed by atoms with van der Waals surface area (Å²) in [4.78, 5) is 34.1. The lowest BCUT2D eigenvalue weighted by Crippen LogP contribution is -2.47. The molecule has 0 saturated heterocycles. The molecule has 2 aliphatic heterocycles. The van der Waals surface area contributed by atoms with Gasteiger partial charge in [-0.25, -0.2) is 9.59 Å². The fraction of sp³-hybridized carbons (Fsp3) is 0.412. The molecule has 0 N–H and O–H groups in total. The van der Waals surface area contributed by atoms with Crippen molar-refractivity contribution in [2.75, 3.05) is 7.11 Å². The molecule has 1 spiro atoms. The summed E-state index contributed by atoms with van der Waals surface area (Å²) in [6.07, 6.45) is 3.50. The lowest BCUT2D eigenvalue weighted by atomic mass is 9.68. The molecule has 0 unspecified atom stereocenters. The molecule has 0 radical (unpaired) electrons. The van der Waals surface area contributed by atoms with Gasteiger partial charge in [0.05, 0.1) is 7.11 Å². The fourth-order valence-electron chi connectivity index (χ4n) is 3.67. The summed E-state index contributed by atoms with van der Waals surface area (Å²) in [7, 11) is 1.34. The van der Waals surface area contributed by atoms with Crippen molar-refractivity contribution in [1.82, 2.24) is 0 Å². The smallest absolute Gasteiger partial charge is 0.352 e. The van der Waals surface area contributed by atoms with Gasteiger partial charge in [-0.15, -0.1) is 0 Å². The summed E-state index contributed by atoms with van der Waals surface area (Å²) in [6, 6.07) is 8.74. The Morgan fingerprint density at radius 1 is 1.30 bits per heavy atom. The van der Waals surface area contributed by atoms with Gasteiger partial charge in [-0.1, -0.05) is 35.5 Å². The molecular formula is C17H16N2O4. The van der Waals surface area contributed by atoms with Crippen LogP contribution in [0.1, 0.15) is 18.4 Å². The summed E-state index contributed by atoms with van der Waals surface area (Å²) < 4.78 is 4.88. The maximum absolute atomic E-state index is 12.6. The van der Waals surface area contributed by atoms with Crippen molar-refractivity contribution >= 4 is 23.9 Å². The molecule has 1 aromatic rings. The first kappa shape index (κ1) is 14.1. The van der Waals surface area contributed by atoms with Gasteiger partial charge in [0.1, 0.15) is 5.71 Å². The van der Waals surface area contributed by atoms with Gasteiger partial charge >= 0.3 is 11.9 Å². The Bertz CT molecular complexity index is 723. The third-order valence-corrected chi connectivity index (χ3v) is 4.87. The van der Waals surface area contributed by atoms with Crippen LogP contribution in [0.25, 0.3) is 0 Å². The molecular weight excluding hydrogens is 296 g/mol. The first-order valence-electron chi connectivity index (χ1n) is 7.66. The molecule has 6 heteroatoms. The van der Waals surface area contributed by atoms with Crippen molar-refractivity contribution in [3.63, 3.8) is 0 Å². The number of carbonyl (C=O) groups is 2. The first-order chi connectivity index (χ1) is 11.2. The van der Waals surface area contributed by atoms with Gasteiger partial charge in [-0.2, -0.15) is 0 Å². The second-order valence-corrected chi connectivity index (χ2v) is 6.16. The third-order valence-electron chi connectivity index (χ3n) is 4.87. The van der Waals surface area contributed by atoms with Crippen LogP contribution in [-0.2, 0) is 19.2 Å². The maximum atomic E-state index is 12.6. The molecule has 3 atom stereocenters. The minimum Gasteiger partial charge on any atom is -0.467 e. The summed E-state index contributed by atoms with van der Waals surface area (Å²) >= 11 is 0. The number of carbonyl (C=O) groups excluding carboxylic acids is 2. The van der Waals surface area contributed by atoms with Gasteiger partial charge < -0.3 is 9.57 Å². The number of nitrogens with zero attached hydrogens (tertiary/aromatic N) is 2. The number of hydrogen-bond acceptors (Lipinski definition) is 6. The highest BCUT2D eigenvalue weighted by Crippen LogP contribution is 2.54. The Balaban J connectivity index is 1.81. The molecule has 23 heavy (non-hydrogen) atoms. The molecule has 1 aromatic carbocycles. The zero-order valence-electron chi connectivity index (χ0n) is 12.6. The van der Waals surface area contributed by atoms with E-state index < -0.39 is 23.4 Å². The first-order valence-corrected chi connectivity index (χ1v) is 7.66. The number of aliphatic imine (C=N–C) groups is 1. The number of ether oxygens (including phenoxy) is 1. The highest BCUT2D eigenvalue weighted by atomic mass is 16.7. The van der Waals surface area contributed by atoms with Crippen LogP contribution < -0.4 is 0 Å². The van der Waals surface area contributed by atoms with E-state index in [4.69, 9.17) is 9.57 Å². The second-order valence-electron chi connectivity index (χ2n) is 6.16. The van der Waals surface area contributed by atoms with Gasteiger partial charge in [0.25, 0.3) is 0 Å². The van der Waals surface area contributed by atoms with Gasteiger partial charge in [0.15, 0.2) is 11.5 Å². The zero-order chi connectivity index (χ0) is 16.0. The molecule has 2 heterocycles. The van der Waals surface area contributed by atoms with Crippen LogP contribution in [0.15, 0.2) is 40.5 Å². The normalized spacial score (nSPS) is 32.0. The molecule has 1 fully saturated rings. The SMILES string of the molecule is COC(=O)[C@@H]1N=C[C@@]2(C(=O)ON=C2c2ccccc2)[C@H]1C1CC1. The van der Waals surface area contributed by atoms with E-state index in [9.17, 15) is 9.59 Å². The van der Waals surface area contributed by atoms with Crippen molar-refractivity contribution < 1.29 is 19.2 Å². The lowest BCUT2D eigenvalue weighted by Gasteiger charge is -2.29. The van der Waals surface area contributed by atoms with Crippen LogP contribution in [0.5, 0.6) is 0 Å². The molecule has 0 bridgehead atoms. The van der Waals surface area contributed by atoms with E-state index in [0.717, 1.165) is 18.4 Å². The van der Waals surface area contributed by atoms with E-state index in [1.165, 1.54) is 7.11 Å². The van der Waals surface area contributed by atoms with Crippen molar-refractivity contribution in [1.29, 1.82) is 0 Å². The standard InChI is InChI=1S/C17H16N2O4/c1-22-15(20)13-12(10-7-8-10)17(9-18-13)14(19-23-16(17)21)11-5-3-2-4-6-11/h2-6,9-10,12-13H,7-8H2,1H3/t12-,13+,17+/m0/s1. The van der Waals surface area contributed by atoms with E-state index in [1.54, 1.807) is 6.21 Å². The molecule has 118 valence electrons. The van der Waals surface area contributed by atoms with Crippen LogP contribution >= 0.6 is 0 Å². The topological polar surface area (TPSA) is 77.3 Å². The highest BCUT2D eigenvalue weighted by molar-refractivity contribution is 6.28. The number of oxime groups is 1. The lowest BCUT2D eigenvalue weighted by molar-refractivity contribution is -0.149. The number of esters is 1. The Hall–Kier alpha value is -2.50. The van der Waals surface area contributed by atoms with Gasteiger partial charge in [0, 0.05) is 17.7 Å². The van der Waals surface area contributed by atoms with E-state index in [1.807, 2.05) is 30.3 Å². The Morgan fingerprint density at radius 2 is 2.04 bits per heavy atom. The van der Waals surface area contributed by atoms with Crippen molar-refractivity contribution in [2.45, 2.75) is 18.9 Å². The summed E-state index contributed by atoms with van der Waals surface area (Å²) in [5.41, 5.74) is 0.262. The highest BCUT2D eigenvalue weighted by Gasteiger charge is 2.65. The average Bonchev–Trinajstić information content (AvgIpc) is 3.27. The predicted octanol–water partition coefficient (Wildman–Crippen LogP) is 1.59. The van der Waals surface area contributed by atoms with Crippen molar-refractivity contribution in [3.05, 3.63) is 35.9 Å². The minimum atomic E-state index is -1.08. The van der Waals surface area contributed by atoms with Crippen molar-refractivity contribution in [2.24, 2.45) is 27.4 Å². The van der Waals surface area contributed by atoms with E-state index >= 15 is 0 Å². The van der Waals surface area contributed by atoms with Crippen LogP contribution in [0.4, 0.5) is 0 Å².